The summed E-state index contributed by atoms with van der Waals surface area (Å²) in [6.45, 7) is 7.07. The van der Waals surface area contributed by atoms with Gasteiger partial charge in [0, 0.05) is 24.4 Å². The smallest absolute Gasteiger partial charge is 0.233 e. The molecule has 1 aromatic rings. The molecule has 0 bridgehead atoms. The quantitative estimate of drug-likeness (QED) is 0.787. The number of thiocarbonyl (C=S) groups is 1. The van der Waals surface area contributed by atoms with Gasteiger partial charge in [-0.15, -0.1) is 0 Å². The molecular formula is C18H25N3O3S. The molecular weight excluding hydrogens is 338 g/mol. The van der Waals surface area contributed by atoms with Crippen LogP contribution in [0, 0.1) is 5.92 Å². The number of carbonyl (C=O) groups excluding carboxylic acids is 1. The first-order valence-electron chi connectivity index (χ1n) is 8.33. The lowest BCUT2D eigenvalue weighted by Crippen LogP contribution is -2.48. The summed E-state index contributed by atoms with van der Waals surface area (Å²) in [5.41, 5.74) is 1.53. The van der Waals surface area contributed by atoms with E-state index in [1.807, 2.05) is 39.0 Å². The minimum atomic E-state index is -0.451. The number of amides is 1. The van der Waals surface area contributed by atoms with E-state index in [9.17, 15) is 4.79 Å². The van der Waals surface area contributed by atoms with E-state index in [1.54, 1.807) is 19.1 Å². The van der Waals surface area contributed by atoms with Gasteiger partial charge in [-0.1, -0.05) is 0 Å². The lowest BCUT2D eigenvalue weighted by Gasteiger charge is -2.35. The van der Waals surface area contributed by atoms with E-state index in [0.717, 1.165) is 5.56 Å². The van der Waals surface area contributed by atoms with Gasteiger partial charge in [0.15, 0.2) is 5.11 Å². The monoisotopic (exact) mass is 363 g/mol. The molecule has 0 spiro atoms. The maximum absolute atomic E-state index is 13.1. The summed E-state index contributed by atoms with van der Waals surface area (Å²) in [6.07, 6.45) is 0. The highest BCUT2D eigenvalue weighted by molar-refractivity contribution is 7.80. The molecule has 1 aromatic carbocycles. The van der Waals surface area contributed by atoms with Crippen molar-refractivity contribution in [3.05, 3.63) is 23.8 Å². The number of aliphatic imine (C=N–C) groups is 1. The van der Waals surface area contributed by atoms with Crippen LogP contribution in [0.2, 0.25) is 0 Å². The Morgan fingerprint density at radius 2 is 1.96 bits per heavy atom. The number of hydrogen-bond acceptors (Lipinski definition) is 4. The molecule has 0 fully saturated rings. The van der Waals surface area contributed by atoms with Gasteiger partial charge < -0.3 is 19.7 Å². The third kappa shape index (κ3) is 3.92. The lowest BCUT2D eigenvalue weighted by atomic mass is 9.86. The second-order valence-electron chi connectivity index (χ2n) is 5.78. The van der Waals surface area contributed by atoms with Gasteiger partial charge in [0.1, 0.15) is 17.4 Å². The molecule has 1 N–H and O–H groups in total. The van der Waals surface area contributed by atoms with Crippen molar-refractivity contribution in [1.29, 1.82) is 0 Å². The van der Waals surface area contributed by atoms with Crippen LogP contribution in [0.3, 0.4) is 0 Å². The van der Waals surface area contributed by atoms with Gasteiger partial charge in [-0.25, -0.2) is 4.99 Å². The van der Waals surface area contributed by atoms with Crippen molar-refractivity contribution in [2.75, 3.05) is 27.3 Å². The van der Waals surface area contributed by atoms with Crippen LogP contribution in [-0.2, 0) is 4.79 Å². The maximum Gasteiger partial charge on any atom is 0.233 e. The highest BCUT2D eigenvalue weighted by atomic mass is 32.1. The number of ether oxygens (including phenoxy) is 2. The molecule has 0 radical (unpaired) electrons. The van der Waals surface area contributed by atoms with Crippen molar-refractivity contribution in [3.8, 4) is 11.5 Å². The van der Waals surface area contributed by atoms with E-state index < -0.39 is 5.92 Å². The van der Waals surface area contributed by atoms with Crippen molar-refractivity contribution in [2.45, 2.75) is 26.8 Å². The molecule has 0 aromatic heterocycles. The summed E-state index contributed by atoms with van der Waals surface area (Å²) < 4.78 is 10.8. The standard InChI is InChI=1S/C18H25N3O3S/c1-6-21(7-2)17(22)15-11(3)19-18(25)20-16(15)13-10-12(23-4)8-9-14(13)24-5/h8-10,15-16H,6-7H2,1-5H3,(H,20,25). The maximum atomic E-state index is 13.1. The zero-order valence-corrected chi connectivity index (χ0v) is 16.1. The van der Waals surface area contributed by atoms with Crippen LogP contribution in [0.15, 0.2) is 23.2 Å². The number of carbonyl (C=O) groups is 1. The van der Waals surface area contributed by atoms with Crippen molar-refractivity contribution < 1.29 is 14.3 Å². The molecule has 25 heavy (non-hydrogen) atoms. The third-order valence-electron chi connectivity index (χ3n) is 4.45. The summed E-state index contributed by atoms with van der Waals surface area (Å²) in [6, 6.07) is 5.17. The number of methoxy groups -OCH3 is 2. The predicted octanol–water partition coefficient (Wildman–Crippen LogP) is 2.58. The summed E-state index contributed by atoms with van der Waals surface area (Å²) in [7, 11) is 3.21. The minimum Gasteiger partial charge on any atom is -0.497 e. The highest BCUT2D eigenvalue weighted by Crippen LogP contribution is 2.36. The first kappa shape index (κ1) is 19.2. The molecule has 0 saturated heterocycles. The molecule has 1 aliphatic heterocycles. The van der Waals surface area contributed by atoms with E-state index >= 15 is 0 Å². The second kappa shape index (κ2) is 8.29. The molecule has 6 nitrogen and oxygen atoms in total. The van der Waals surface area contributed by atoms with Crippen LogP contribution in [0.1, 0.15) is 32.4 Å². The zero-order valence-electron chi connectivity index (χ0n) is 15.3. The van der Waals surface area contributed by atoms with E-state index in [2.05, 4.69) is 10.3 Å². The lowest BCUT2D eigenvalue weighted by molar-refractivity contribution is -0.133. The topological polar surface area (TPSA) is 63.2 Å². The minimum absolute atomic E-state index is 0.0242. The zero-order chi connectivity index (χ0) is 18.6. The number of benzene rings is 1. The summed E-state index contributed by atoms with van der Waals surface area (Å²) in [5.74, 6) is 0.939. The van der Waals surface area contributed by atoms with E-state index in [-0.39, 0.29) is 11.9 Å². The Bertz CT molecular complexity index is 686. The fraction of sp³-hybridized carbons (Fsp3) is 0.500. The first-order valence-corrected chi connectivity index (χ1v) is 8.73. The summed E-state index contributed by atoms with van der Waals surface area (Å²) in [5, 5.41) is 3.56. The van der Waals surface area contributed by atoms with E-state index in [4.69, 9.17) is 21.7 Å². The molecule has 2 atom stereocenters. The van der Waals surface area contributed by atoms with Gasteiger partial charge in [-0.3, -0.25) is 4.79 Å². The molecule has 2 unspecified atom stereocenters. The SMILES string of the molecule is CCN(CC)C(=O)C1C(C)=NC(=S)NC1c1cc(OC)ccc1OC. The van der Waals surface area contributed by atoms with Crippen molar-refractivity contribution >= 4 is 28.9 Å². The number of hydrogen-bond donors (Lipinski definition) is 1. The normalized spacial score (nSPS) is 19.7. The average molecular weight is 363 g/mol. The van der Waals surface area contributed by atoms with Gasteiger partial charge in [-0.05, 0) is 51.2 Å². The first-order chi connectivity index (χ1) is 12.0. The molecule has 0 saturated carbocycles. The number of nitrogens with zero attached hydrogens (tertiary/aromatic N) is 2. The van der Waals surface area contributed by atoms with Crippen molar-refractivity contribution in [2.24, 2.45) is 10.9 Å². The van der Waals surface area contributed by atoms with Gasteiger partial charge in [0.25, 0.3) is 0 Å². The van der Waals surface area contributed by atoms with Crippen LogP contribution in [0.4, 0.5) is 0 Å². The Balaban J connectivity index is 2.54. The van der Waals surface area contributed by atoms with Crippen molar-refractivity contribution in [1.82, 2.24) is 10.2 Å². The highest BCUT2D eigenvalue weighted by Gasteiger charge is 2.39. The van der Waals surface area contributed by atoms with Crippen LogP contribution < -0.4 is 14.8 Å². The molecule has 1 aliphatic rings. The Morgan fingerprint density at radius 1 is 1.28 bits per heavy atom. The molecule has 0 aliphatic carbocycles. The second-order valence-corrected chi connectivity index (χ2v) is 6.16. The van der Waals surface area contributed by atoms with Crippen LogP contribution >= 0.6 is 12.2 Å². The predicted molar refractivity (Wildman–Crippen MR) is 103 cm³/mol. The molecule has 7 heteroatoms. The molecule has 136 valence electrons. The van der Waals surface area contributed by atoms with E-state index in [0.29, 0.717) is 35.4 Å². The van der Waals surface area contributed by atoms with Crippen LogP contribution in [-0.4, -0.2) is 48.9 Å². The largest absolute Gasteiger partial charge is 0.497 e. The van der Waals surface area contributed by atoms with Gasteiger partial charge >= 0.3 is 0 Å². The van der Waals surface area contributed by atoms with Gasteiger partial charge in [-0.2, -0.15) is 0 Å². The van der Waals surface area contributed by atoms with Crippen LogP contribution in [0.25, 0.3) is 0 Å². The summed E-state index contributed by atoms with van der Waals surface area (Å²) in [4.78, 5) is 19.2. The van der Waals surface area contributed by atoms with Crippen molar-refractivity contribution in [3.63, 3.8) is 0 Å². The Kier molecular flexibility index (Phi) is 6.36. The Morgan fingerprint density at radius 3 is 2.52 bits per heavy atom. The Labute approximate surface area is 154 Å². The van der Waals surface area contributed by atoms with Crippen LogP contribution in [0.5, 0.6) is 11.5 Å². The average Bonchev–Trinajstić information content (AvgIpc) is 2.61. The summed E-state index contributed by atoms with van der Waals surface area (Å²) >= 11 is 5.27. The van der Waals surface area contributed by atoms with Gasteiger partial charge in [0.05, 0.1) is 20.3 Å². The number of nitrogens with one attached hydrogen (secondary N) is 1. The Hall–Kier alpha value is -2.15. The number of rotatable bonds is 6. The molecule has 1 amide bonds. The fourth-order valence-electron chi connectivity index (χ4n) is 3.11. The molecule has 1 heterocycles. The van der Waals surface area contributed by atoms with E-state index in [1.165, 1.54) is 0 Å². The van der Waals surface area contributed by atoms with Gasteiger partial charge in [0.2, 0.25) is 5.91 Å². The third-order valence-corrected chi connectivity index (χ3v) is 4.66. The fourth-order valence-corrected chi connectivity index (χ4v) is 3.38. The molecule has 2 rings (SSSR count).